The lowest BCUT2D eigenvalue weighted by molar-refractivity contribution is -0.170. The van der Waals surface area contributed by atoms with Crippen LogP contribution in [0.4, 0.5) is 15.3 Å². The normalized spacial score (nSPS) is 14.7. The number of aliphatic imine (C=N–C) groups is 1. The third-order valence-electron chi connectivity index (χ3n) is 7.46. The van der Waals surface area contributed by atoms with Gasteiger partial charge in [0.15, 0.2) is 0 Å². The molecular weight excluding hydrogens is 740 g/mol. The summed E-state index contributed by atoms with van der Waals surface area (Å²) in [5.41, 5.74) is 3.90. The van der Waals surface area contributed by atoms with Gasteiger partial charge in [0.1, 0.15) is 39.5 Å². The van der Waals surface area contributed by atoms with Crippen molar-refractivity contribution in [3.05, 3.63) is 53.1 Å². The second-order valence-electron chi connectivity index (χ2n) is 17.5. The van der Waals surface area contributed by atoms with Crippen molar-refractivity contribution in [2.24, 2.45) is 22.6 Å². The van der Waals surface area contributed by atoms with E-state index in [9.17, 15) is 28.8 Å². The number of primary amides is 1. The van der Waals surface area contributed by atoms with Crippen LogP contribution in [0.2, 0.25) is 0 Å². The number of carbonyl (C=O) groups excluding carboxylic acids is 6. The molecule has 1 aliphatic rings. The van der Waals surface area contributed by atoms with E-state index in [0.717, 1.165) is 0 Å². The Morgan fingerprint density at radius 3 is 1.96 bits per heavy atom. The fraction of sp³-hybridized carbons (Fsp3) is 0.537. The summed E-state index contributed by atoms with van der Waals surface area (Å²) in [6.45, 7) is 20.2. The predicted molar refractivity (Wildman–Crippen MR) is 210 cm³/mol. The summed E-state index contributed by atoms with van der Waals surface area (Å²) in [6.07, 6.45) is -2.09. The van der Waals surface area contributed by atoms with E-state index in [1.807, 2.05) is 0 Å². The molecule has 0 aromatic heterocycles. The van der Waals surface area contributed by atoms with E-state index in [0.29, 0.717) is 11.1 Å². The van der Waals surface area contributed by atoms with E-state index >= 15 is 0 Å². The van der Waals surface area contributed by atoms with Gasteiger partial charge in [0.25, 0.3) is 0 Å². The molecule has 0 saturated carbocycles. The molecule has 3 rings (SSSR count). The van der Waals surface area contributed by atoms with Crippen LogP contribution in [0.3, 0.4) is 0 Å². The maximum atomic E-state index is 13.5. The molecular formula is C41H56N4O12. The van der Waals surface area contributed by atoms with Crippen molar-refractivity contribution in [2.45, 2.75) is 125 Å². The smallest absolute Gasteiger partial charge is 0.437 e. The van der Waals surface area contributed by atoms with Crippen LogP contribution in [-0.4, -0.2) is 71.0 Å². The van der Waals surface area contributed by atoms with Crippen LogP contribution in [0.25, 0.3) is 0 Å². The molecule has 0 bridgehead atoms. The lowest BCUT2D eigenvalue weighted by Gasteiger charge is -2.28. The molecule has 16 heteroatoms. The molecule has 0 fully saturated rings. The molecule has 0 spiro atoms. The molecule has 57 heavy (non-hydrogen) atoms. The van der Waals surface area contributed by atoms with Gasteiger partial charge in [-0.3, -0.25) is 19.7 Å². The predicted octanol–water partition coefficient (Wildman–Crippen LogP) is 6.40. The Morgan fingerprint density at radius 1 is 0.772 bits per heavy atom. The number of alkyl carbamates (subject to hydrolysis) is 1. The lowest BCUT2D eigenvalue weighted by Crippen LogP contribution is -2.41. The zero-order valence-corrected chi connectivity index (χ0v) is 34.9. The highest BCUT2D eigenvalue weighted by atomic mass is 16.6. The van der Waals surface area contributed by atoms with Gasteiger partial charge in [-0.15, -0.1) is 4.99 Å². The molecule has 16 nitrogen and oxygen atoms in total. The summed E-state index contributed by atoms with van der Waals surface area (Å²) >= 11 is 0. The van der Waals surface area contributed by atoms with Gasteiger partial charge < -0.3 is 39.5 Å². The number of amides is 3. The molecule has 4 N–H and O–H groups in total. The zero-order valence-electron chi connectivity index (χ0n) is 34.9. The van der Waals surface area contributed by atoms with Gasteiger partial charge in [0, 0.05) is 18.2 Å². The average molecular weight is 797 g/mol. The minimum absolute atomic E-state index is 0.0378. The number of fused-ring (bicyclic) bond motifs is 2. The number of carbonyl (C=O) groups is 6. The minimum atomic E-state index is -1.24. The third-order valence-corrected chi connectivity index (χ3v) is 7.46. The largest absolute Gasteiger partial charge is 0.492 e. The highest BCUT2D eigenvalue weighted by molar-refractivity contribution is 6.06. The van der Waals surface area contributed by atoms with E-state index in [4.69, 9.17) is 34.2 Å². The number of esters is 3. The van der Waals surface area contributed by atoms with Gasteiger partial charge in [0.05, 0.1) is 24.9 Å². The van der Waals surface area contributed by atoms with Crippen LogP contribution >= 0.6 is 0 Å². The minimum Gasteiger partial charge on any atom is -0.492 e. The quantitative estimate of drug-likeness (QED) is 0.0866. The highest BCUT2D eigenvalue weighted by Gasteiger charge is 2.38. The maximum Gasteiger partial charge on any atom is 0.437 e. The summed E-state index contributed by atoms with van der Waals surface area (Å²) < 4.78 is 33.5. The number of benzene rings is 2. The lowest BCUT2D eigenvalue weighted by atomic mass is 9.83. The number of ether oxygens (including phenoxy) is 6. The summed E-state index contributed by atoms with van der Waals surface area (Å²) in [6, 6.07) is 9.33. The van der Waals surface area contributed by atoms with Gasteiger partial charge in [0.2, 0.25) is 11.9 Å². The third kappa shape index (κ3) is 15.8. The van der Waals surface area contributed by atoms with Crippen molar-refractivity contribution in [3.8, 4) is 11.5 Å². The monoisotopic (exact) mass is 796 g/mol. The van der Waals surface area contributed by atoms with E-state index in [2.05, 4.69) is 15.6 Å². The second kappa shape index (κ2) is 18.1. The molecule has 1 aliphatic heterocycles. The van der Waals surface area contributed by atoms with E-state index in [1.54, 1.807) is 101 Å². The SMILES string of the molecule is CC(C)(C)OC(=O)C[C@H](C(=O)OC(C)(C)C)C(Cc1ccc2c(c1)CCOc1cc(N/C(=N/C(=O)OC(C)(C)C)NC(=O)OC(C)(C)C)ccc1C(=O)O2)C(N)=O. The molecule has 1 unspecified atom stereocenters. The van der Waals surface area contributed by atoms with E-state index in [-0.39, 0.29) is 48.2 Å². The first-order valence-electron chi connectivity index (χ1n) is 18.5. The number of guanidine groups is 1. The molecule has 1 heterocycles. The number of hydrogen-bond acceptors (Lipinski definition) is 12. The summed E-state index contributed by atoms with van der Waals surface area (Å²) in [5, 5.41) is 5.24. The Kier molecular flexibility index (Phi) is 14.5. The van der Waals surface area contributed by atoms with Gasteiger partial charge >= 0.3 is 30.1 Å². The summed E-state index contributed by atoms with van der Waals surface area (Å²) in [4.78, 5) is 81.7. The Bertz CT molecular complexity index is 1880. The van der Waals surface area contributed by atoms with Crippen LogP contribution in [0.5, 0.6) is 11.5 Å². The molecule has 3 amide bonds. The number of hydrogen-bond donors (Lipinski definition) is 3. The molecule has 0 radical (unpaired) electrons. The van der Waals surface area contributed by atoms with Crippen molar-refractivity contribution >= 4 is 47.6 Å². The van der Waals surface area contributed by atoms with Gasteiger partial charge in [-0.1, -0.05) is 12.1 Å². The molecule has 0 saturated heterocycles. The van der Waals surface area contributed by atoms with Gasteiger partial charge in [-0.2, -0.15) is 0 Å². The number of nitrogens with zero attached hydrogens (tertiary/aromatic N) is 1. The standard InChI is InChI=1S/C41H56N4O12/c1-38(2,3)54-31(46)22-28(34(49)55-39(4,5)6)27(32(42)47)20-23-13-16-29-24(19-23)17-18-52-30-21-25(14-15-26(30)33(48)53-29)43-35(44-36(50)56-40(7,8)9)45-37(51)57-41(10,11)12/h13-16,19,21,27-28H,17-18,20,22H2,1-12H3,(H2,42,47)(H2,43,44,45,50,51)/t27?,28-/m0/s1. The fourth-order valence-electron chi connectivity index (χ4n) is 5.39. The number of nitrogens with one attached hydrogen (secondary N) is 2. The van der Waals surface area contributed by atoms with Crippen LogP contribution in [0.15, 0.2) is 41.4 Å². The van der Waals surface area contributed by atoms with Crippen molar-refractivity contribution in [1.82, 2.24) is 5.32 Å². The van der Waals surface area contributed by atoms with Crippen LogP contribution in [-0.2, 0) is 46.2 Å². The Hall–Kier alpha value is -5.67. The average Bonchev–Trinajstić information content (AvgIpc) is 3.06. The first-order chi connectivity index (χ1) is 26.1. The first-order valence-corrected chi connectivity index (χ1v) is 18.5. The van der Waals surface area contributed by atoms with Gasteiger partial charge in [-0.25, -0.2) is 14.4 Å². The zero-order chi connectivity index (χ0) is 43.1. The van der Waals surface area contributed by atoms with Crippen LogP contribution in [0.1, 0.15) is 111 Å². The molecule has 2 aromatic rings. The maximum absolute atomic E-state index is 13.5. The van der Waals surface area contributed by atoms with Crippen LogP contribution < -0.4 is 25.8 Å². The second-order valence-corrected chi connectivity index (χ2v) is 17.5. The van der Waals surface area contributed by atoms with Crippen molar-refractivity contribution in [3.63, 3.8) is 0 Å². The van der Waals surface area contributed by atoms with Crippen molar-refractivity contribution < 1.29 is 57.2 Å². The molecule has 2 atom stereocenters. The van der Waals surface area contributed by atoms with Crippen LogP contribution in [0, 0.1) is 11.8 Å². The fourth-order valence-corrected chi connectivity index (χ4v) is 5.39. The Labute approximate surface area is 333 Å². The van der Waals surface area contributed by atoms with Gasteiger partial charge in [-0.05, 0) is 119 Å². The topological polar surface area (TPSA) is 220 Å². The first kappa shape index (κ1) is 45.7. The molecule has 0 aliphatic carbocycles. The molecule has 312 valence electrons. The highest BCUT2D eigenvalue weighted by Crippen LogP contribution is 2.32. The summed E-state index contributed by atoms with van der Waals surface area (Å²) in [5.74, 6) is -5.33. The van der Waals surface area contributed by atoms with E-state index < -0.39 is 76.7 Å². The number of nitrogens with two attached hydrogens (primary N) is 1. The van der Waals surface area contributed by atoms with E-state index in [1.165, 1.54) is 18.2 Å². The van der Waals surface area contributed by atoms with Crippen molar-refractivity contribution in [1.29, 1.82) is 0 Å². The molecule has 2 aromatic carbocycles. The number of anilines is 1. The summed E-state index contributed by atoms with van der Waals surface area (Å²) in [7, 11) is 0. The van der Waals surface area contributed by atoms with Crippen molar-refractivity contribution in [2.75, 3.05) is 11.9 Å². The Balaban J connectivity index is 1.89. The Morgan fingerprint density at radius 2 is 1.39 bits per heavy atom. The number of rotatable bonds is 8.